The first-order chi connectivity index (χ1) is 15.9. The molecule has 33 heavy (non-hydrogen) atoms. The number of piperazine rings is 1. The van der Waals surface area contributed by atoms with Gasteiger partial charge in [0.1, 0.15) is 5.75 Å². The summed E-state index contributed by atoms with van der Waals surface area (Å²) >= 11 is 0. The van der Waals surface area contributed by atoms with Gasteiger partial charge in [-0.25, -0.2) is 4.79 Å². The summed E-state index contributed by atoms with van der Waals surface area (Å²) in [6.45, 7) is 5.65. The number of nitrogens with one attached hydrogen (secondary N) is 1. The zero-order chi connectivity index (χ0) is 23.4. The molecular weight excluding hydrogens is 424 g/mol. The Morgan fingerprint density at radius 1 is 1.09 bits per heavy atom. The first kappa shape index (κ1) is 23.1. The van der Waals surface area contributed by atoms with Crippen LogP contribution in [0.5, 0.6) is 5.75 Å². The fraction of sp³-hybridized carbons (Fsp3) is 0.522. The van der Waals surface area contributed by atoms with Crippen LogP contribution in [0.25, 0.3) is 5.69 Å². The lowest BCUT2D eigenvalue weighted by molar-refractivity contribution is -0.132. The number of piperidine rings is 1. The molecule has 4 rings (SSSR count). The van der Waals surface area contributed by atoms with Gasteiger partial charge in [-0.1, -0.05) is 0 Å². The molecule has 10 heteroatoms. The van der Waals surface area contributed by atoms with Crippen molar-refractivity contribution in [2.45, 2.75) is 25.3 Å². The second kappa shape index (κ2) is 10.2. The van der Waals surface area contributed by atoms with Gasteiger partial charge in [-0.3, -0.25) is 24.0 Å². The van der Waals surface area contributed by atoms with E-state index in [1.807, 2.05) is 23.1 Å². The van der Waals surface area contributed by atoms with E-state index in [1.54, 1.807) is 7.11 Å². The number of hydrogen-bond donors (Lipinski definition) is 2. The summed E-state index contributed by atoms with van der Waals surface area (Å²) in [7, 11) is 1.55. The predicted molar refractivity (Wildman–Crippen MR) is 126 cm³/mol. The van der Waals surface area contributed by atoms with Crippen LogP contribution in [0.1, 0.15) is 19.3 Å². The van der Waals surface area contributed by atoms with Gasteiger partial charge in [0.25, 0.3) is 5.56 Å². The third-order valence-electron chi connectivity index (χ3n) is 6.52. The van der Waals surface area contributed by atoms with Gasteiger partial charge in [0.05, 0.1) is 12.8 Å². The zero-order valence-electron chi connectivity index (χ0n) is 19.0. The second-order valence-electron chi connectivity index (χ2n) is 8.63. The molecule has 3 N–H and O–H groups in total. The number of aromatic nitrogens is 2. The van der Waals surface area contributed by atoms with Crippen molar-refractivity contribution in [3.05, 3.63) is 51.3 Å². The molecule has 0 saturated carbocycles. The van der Waals surface area contributed by atoms with Crippen LogP contribution in [0.4, 0.5) is 5.69 Å². The molecule has 0 radical (unpaired) electrons. The van der Waals surface area contributed by atoms with E-state index in [9.17, 15) is 14.4 Å². The number of hydrogen-bond acceptors (Lipinski definition) is 7. The van der Waals surface area contributed by atoms with Gasteiger partial charge in [0.2, 0.25) is 5.91 Å². The van der Waals surface area contributed by atoms with Gasteiger partial charge in [-0.15, -0.1) is 0 Å². The third-order valence-corrected chi connectivity index (χ3v) is 6.52. The summed E-state index contributed by atoms with van der Waals surface area (Å²) < 4.78 is 6.81. The largest absolute Gasteiger partial charge is 0.495 e. The number of benzene rings is 1. The molecule has 0 aliphatic carbocycles. The Morgan fingerprint density at radius 3 is 2.48 bits per heavy atom. The number of ether oxygens (including phenoxy) is 1. The third kappa shape index (κ3) is 5.45. The summed E-state index contributed by atoms with van der Waals surface area (Å²) in [6, 6.07) is 7.24. The van der Waals surface area contributed by atoms with E-state index in [0.717, 1.165) is 64.3 Å². The Balaban J connectivity index is 1.36. The number of rotatable bonds is 6. The van der Waals surface area contributed by atoms with Crippen molar-refractivity contribution in [3.63, 3.8) is 0 Å². The molecule has 178 valence electrons. The molecule has 2 saturated heterocycles. The van der Waals surface area contributed by atoms with Gasteiger partial charge >= 0.3 is 5.69 Å². The zero-order valence-corrected chi connectivity index (χ0v) is 19.0. The van der Waals surface area contributed by atoms with Crippen LogP contribution in [0.15, 0.2) is 40.1 Å². The van der Waals surface area contributed by atoms with E-state index >= 15 is 0 Å². The lowest BCUT2D eigenvalue weighted by atomic mass is 10.1. The quantitative estimate of drug-likeness (QED) is 0.628. The molecule has 1 amide bonds. The maximum atomic E-state index is 12.5. The summed E-state index contributed by atoms with van der Waals surface area (Å²) in [6.07, 6.45) is 3.77. The number of H-pyrrole nitrogens is 1. The van der Waals surface area contributed by atoms with Crippen molar-refractivity contribution in [3.8, 4) is 11.4 Å². The summed E-state index contributed by atoms with van der Waals surface area (Å²) in [5.41, 5.74) is 6.53. The van der Waals surface area contributed by atoms with E-state index in [1.165, 1.54) is 16.8 Å². The van der Waals surface area contributed by atoms with Gasteiger partial charge in [-0.05, 0) is 31.0 Å². The molecule has 2 aliphatic rings. The molecule has 2 aliphatic heterocycles. The molecular formula is C23H32N6O4. The van der Waals surface area contributed by atoms with E-state index in [4.69, 9.17) is 10.5 Å². The number of aromatic amines is 1. The van der Waals surface area contributed by atoms with Crippen molar-refractivity contribution in [2.24, 2.45) is 5.73 Å². The van der Waals surface area contributed by atoms with E-state index in [-0.39, 0.29) is 11.9 Å². The molecule has 2 aromatic rings. The van der Waals surface area contributed by atoms with Crippen LogP contribution in [0, 0.1) is 0 Å². The minimum Gasteiger partial charge on any atom is -0.495 e. The van der Waals surface area contributed by atoms with Crippen LogP contribution in [0.2, 0.25) is 0 Å². The molecule has 10 nitrogen and oxygen atoms in total. The summed E-state index contributed by atoms with van der Waals surface area (Å²) in [5.74, 6) is 0.763. The molecule has 2 fully saturated rings. The van der Waals surface area contributed by atoms with Crippen molar-refractivity contribution < 1.29 is 9.53 Å². The molecule has 0 spiro atoms. The first-order valence-corrected chi connectivity index (χ1v) is 11.5. The maximum absolute atomic E-state index is 12.5. The number of nitrogens with two attached hydrogens (primary N) is 1. The number of carbonyl (C=O) groups excluding carboxylic acids is 1. The van der Waals surface area contributed by atoms with Crippen molar-refractivity contribution >= 4 is 11.6 Å². The highest BCUT2D eigenvalue weighted by Crippen LogP contribution is 2.28. The standard InChI is InChI=1S/C23H32N6O4/c1-33-20-3-2-18(16-19(20)29-11-6-21(30)25-23(29)32)27-14-12-26(13-15-27)8-7-22(31)28-9-4-17(24)5-10-28/h2-3,6,11,16-17H,4-5,7-10,12-15,24H2,1H3,(H,25,30,32). The molecule has 1 aromatic heterocycles. The van der Waals surface area contributed by atoms with Crippen molar-refractivity contribution in [1.29, 1.82) is 0 Å². The Morgan fingerprint density at radius 2 is 1.82 bits per heavy atom. The highest BCUT2D eigenvalue weighted by molar-refractivity contribution is 5.76. The van der Waals surface area contributed by atoms with Gasteiger partial charge in [0.15, 0.2) is 0 Å². The Kier molecular flexibility index (Phi) is 7.14. The SMILES string of the molecule is COc1ccc(N2CCN(CCC(=O)N3CCC(N)CC3)CC2)cc1-n1ccc(=O)[nH]c1=O. The number of likely N-dealkylation sites (tertiary alicyclic amines) is 1. The summed E-state index contributed by atoms with van der Waals surface area (Å²) in [5, 5.41) is 0. The Labute approximate surface area is 192 Å². The normalized spacial score (nSPS) is 17.9. The fourth-order valence-electron chi connectivity index (χ4n) is 4.46. The van der Waals surface area contributed by atoms with Crippen LogP contribution < -0.4 is 26.6 Å². The van der Waals surface area contributed by atoms with E-state index < -0.39 is 11.2 Å². The highest BCUT2D eigenvalue weighted by Gasteiger charge is 2.23. The topological polar surface area (TPSA) is 117 Å². The van der Waals surface area contributed by atoms with E-state index in [0.29, 0.717) is 17.9 Å². The fourth-order valence-corrected chi connectivity index (χ4v) is 4.46. The average molecular weight is 457 g/mol. The lowest BCUT2D eigenvalue weighted by Gasteiger charge is -2.37. The van der Waals surface area contributed by atoms with Crippen LogP contribution in [0.3, 0.4) is 0 Å². The number of amides is 1. The maximum Gasteiger partial charge on any atom is 0.333 e. The smallest absolute Gasteiger partial charge is 0.333 e. The highest BCUT2D eigenvalue weighted by atomic mass is 16.5. The lowest BCUT2D eigenvalue weighted by Crippen LogP contribution is -2.48. The number of carbonyl (C=O) groups is 1. The van der Waals surface area contributed by atoms with Crippen LogP contribution in [-0.4, -0.2) is 84.2 Å². The molecule has 1 aromatic carbocycles. The first-order valence-electron chi connectivity index (χ1n) is 11.5. The van der Waals surface area contributed by atoms with Gasteiger partial charge in [0, 0.05) is 76.2 Å². The van der Waals surface area contributed by atoms with Crippen molar-refractivity contribution in [1.82, 2.24) is 19.4 Å². The monoisotopic (exact) mass is 456 g/mol. The second-order valence-corrected chi connectivity index (χ2v) is 8.63. The van der Waals surface area contributed by atoms with Crippen LogP contribution >= 0.6 is 0 Å². The van der Waals surface area contributed by atoms with E-state index in [2.05, 4.69) is 14.8 Å². The predicted octanol–water partition coefficient (Wildman–Crippen LogP) is -0.00380. The average Bonchev–Trinajstić information content (AvgIpc) is 2.83. The summed E-state index contributed by atoms with van der Waals surface area (Å²) in [4.78, 5) is 45.0. The number of methoxy groups -OCH3 is 1. The molecule has 0 atom stereocenters. The van der Waals surface area contributed by atoms with Gasteiger partial charge in [-0.2, -0.15) is 0 Å². The Bertz CT molecular complexity index is 1080. The van der Waals surface area contributed by atoms with Crippen molar-refractivity contribution in [2.75, 3.05) is 57.8 Å². The number of nitrogens with zero attached hydrogens (tertiary/aromatic N) is 4. The minimum atomic E-state index is -0.511. The van der Waals surface area contributed by atoms with Crippen LogP contribution in [-0.2, 0) is 4.79 Å². The molecule has 3 heterocycles. The minimum absolute atomic E-state index is 0.218. The molecule has 0 bridgehead atoms. The number of anilines is 1. The molecule has 0 unspecified atom stereocenters. The van der Waals surface area contributed by atoms with Gasteiger partial charge < -0.3 is 20.3 Å². The Hall–Kier alpha value is -3.11.